The minimum atomic E-state index is -0.187. The van der Waals surface area contributed by atoms with E-state index in [2.05, 4.69) is 21.2 Å². The molecule has 4 heteroatoms. The van der Waals surface area contributed by atoms with Gasteiger partial charge in [-0.25, -0.2) is 0 Å². The normalized spacial score (nSPS) is 10.0. The Bertz CT molecular complexity index is 638. The van der Waals surface area contributed by atoms with Gasteiger partial charge in [-0.05, 0) is 42.8 Å². The average Bonchev–Trinajstić information content (AvgIpc) is 2.38. The lowest BCUT2D eigenvalue weighted by molar-refractivity contribution is 0.102. The predicted molar refractivity (Wildman–Crippen MR) is 78.7 cm³/mol. The van der Waals surface area contributed by atoms with Crippen LogP contribution in [0.2, 0.25) is 0 Å². The van der Waals surface area contributed by atoms with Gasteiger partial charge in [-0.15, -0.1) is 0 Å². The van der Waals surface area contributed by atoms with Crippen LogP contribution in [0.4, 0.5) is 5.69 Å². The fourth-order valence-corrected chi connectivity index (χ4v) is 2.25. The Morgan fingerprint density at radius 2 is 2.00 bits per heavy atom. The van der Waals surface area contributed by atoms with Gasteiger partial charge in [-0.2, -0.15) is 0 Å². The topological polar surface area (TPSA) is 46.2 Å². The van der Waals surface area contributed by atoms with E-state index >= 15 is 0 Å². The first-order valence-electron chi connectivity index (χ1n) is 5.73. The first-order chi connectivity index (χ1) is 9.10. The summed E-state index contributed by atoms with van der Waals surface area (Å²) in [5, 5.41) is 2.78. The number of benzene rings is 2. The van der Waals surface area contributed by atoms with E-state index in [9.17, 15) is 9.59 Å². The maximum atomic E-state index is 12.1. The zero-order chi connectivity index (χ0) is 13.8. The second-order valence-electron chi connectivity index (χ2n) is 4.16. The van der Waals surface area contributed by atoms with Crippen LogP contribution in [0.25, 0.3) is 0 Å². The smallest absolute Gasteiger partial charge is 0.255 e. The van der Waals surface area contributed by atoms with Crippen molar-refractivity contribution in [1.29, 1.82) is 0 Å². The fourth-order valence-electron chi connectivity index (χ4n) is 1.77. The molecule has 0 aliphatic rings. The van der Waals surface area contributed by atoms with E-state index in [-0.39, 0.29) is 5.91 Å². The van der Waals surface area contributed by atoms with Gasteiger partial charge < -0.3 is 5.32 Å². The lowest BCUT2D eigenvalue weighted by Gasteiger charge is -2.08. The first-order valence-corrected chi connectivity index (χ1v) is 6.52. The quantitative estimate of drug-likeness (QED) is 0.875. The molecule has 0 heterocycles. The Hall–Kier alpha value is -1.94. The fraction of sp³-hybridized carbons (Fsp3) is 0.0667. The summed E-state index contributed by atoms with van der Waals surface area (Å²) in [4.78, 5) is 22.8. The number of nitrogens with one attached hydrogen (secondary N) is 1. The third kappa shape index (κ3) is 3.29. The number of anilines is 1. The molecule has 1 N–H and O–H groups in total. The molecule has 1 amide bonds. The Kier molecular flexibility index (Phi) is 4.12. The summed E-state index contributed by atoms with van der Waals surface area (Å²) in [7, 11) is 0. The Morgan fingerprint density at radius 3 is 2.68 bits per heavy atom. The highest BCUT2D eigenvalue weighted by Crippen LogP contribution is 2.17. The van der Waals surface area contributed by atoms with E-state index in [0.29, 0.717) is 16.8 Å². The molecule has 0 spiro atoms. The molecule has 2 rings (SSSR count). The highest BCUT2D eigenvalue weighted by Gasteiger charge is 2.09. The molecule has 3 nitrogen and oxygen atoms in total. The van der Waals surface area contributed by atoms with E-state index in [4.69, 9.17) is 0 Å². The number of carbonyl (C=O) groups is 2. The van der Waals surface area contributed by atoms with Crippen LogP contribution in [0.5, 0.6) is 0 Å². The molecule has 0 aromatic heterocycles. The van der Waals surface area contributed by atoms with E-state index in [1.807, 2.05) is 19.1 Å². The van der Waals surface area contributed by atoms with E-state index < -0.39 is 0 Å². The molecule has 2 aromatic rings. The van der Waals surface area contributed by atoms with Gasteiger partial charge in [-0.1, -0.05) is 28.1 Å². The molecular formula is C15H12BrNO2. The maximum absolute atomic E-state index is 12.1. The summed E-state index contributed by atoms with van der Waals surface area (Å²) in [6.45, 7) is 1.88. The van der Waals surface area contributed by atoms with Crippen molar-refractivity contribution in [3.63, 3.8) is 0 Å². The summed E-state index contributed by atoms with van der Waals surface area (Å²) < 4.78 is 0.935. The zero-order valence-electron chi connectivity index (χ0n) is 10.3. The number of rotatable bonds is 3. The van der Waals surface area contributed by atoms with Gasteiger partial charge in [0.25, 0.3) is 5.91 Å². The molecule has 2 aromatic carbocycles. The van der Waals surface area contributed by atoms with Gasteiger partial charge in [0.2, 0.25) is 0 Å². The van der Waals surface area contributed by atoms with Crippen molar-refractivity contribution >= 4 is 33.8 Å². The first kappa shape index (κ1) is 13.5. The van der Waals surface area contributed by atoms with Crippen LogP contribution in [0.3, 0.4) is 0 Å². The number of aryl methyl sites for hydroxylation is 1. The van der Waals surface area contributed by atoms with Crippen LogP contribution in [-0.2, 0) is 0 Å². The third-order valence-corrected chi connectivity index (χ3v) is 3.21. The number of halogens is 1. The molecule has 0 bridgehead atoms. The SMILES string of the molecule is Cc1cc(Br)ccc1C(=O)Nc1cccc(C=O)c1. The van der Waals surface area contributed by atoms with Gasteiger partial charge in [0.1, 0.15) is 6.29 Å². The van der Waals surface area contributed by atoms with Crippen molar-refractivity contribution in [2.75, 3.05) is 5.32 Å². The number of amides is 1. The average molecular weight is 318 g/mol. The van der Waals surface area contributed by atoms with E-state index in [0.717, 1.165) is 16.3 Å². The van der Waals surface area contributed by atoms with Crippen LogP contribution in [0, 0.1) is 6.92 Å². The standard InChI is InChI=1S/C15H12BrNO2/c1-10-7-12(16)5-6-14(10)15(19)17-13-4-2-3-11(8-13)9-18/h2-9H,1H3,(H,17,19). The van der Waals surface area contributed by atoms with Gasteiger partial charge in [-0.3, -0.25) is 9.59 Å². The molecular weight excluding hydrogens is 306 g/mol. The van der Waals surface area contributed by atoms with Crippen molar-refractivity contribution in [2.24, 2.45) is 0 Å². The number of aldehydes is 1. The Labute approximate surface area is 119 Å². The minimum Gasteiger partial charge on any atom is -0.322 e. The lowest BCUT2D eigenvalue weighted by atomic mass is 10.1. The summed E-state index contributed by atoms with van der Waals surface area (Å²) in [6, 6.07) is 12.3. The second-order valence-corrected chi connectivity index (χ2v) is 5.07. The highest BCUT2D eigenvalue weighted by molar-refractivity contribution is 9.10. The maximum Gasteiger partial charge on any atom is 0.255 e. The van der Waals surface area contributed by atoms with Crippen molar-refractivity contribution in [1.82, 2.24) is 0 Å². The van der Waals surface area contributed by atoms with E-state index in [1.165, 1.54) is 0 Å². The molecule has 0 saturated heterocycles. The lowest BCUT2D eigenvalue weighted by Crippen LogP contribution is -2.13. The van der Waals surface area contributed by atoms with Gasteiger partial charge >= 0.3 is 0 Å². The molecule has 96 valence electrons. The number of carbonyl (C=O) groups excluding carboxylic acids is 2. The van der Waals surface area contributed by atoms with Crippen molar-refractivity contribution in [2.45, 2.75) is 6.92 Å². The van der Waals surface area contributed by atoms with Crippen molar-refractivity contribution in [3.8, 4) is 0 Å². The third-order valence-electron chi connectivity index (χ3n) is 2.71. The van der Waals surface area contributed by atoms with Crippen LogP contribution in [0.15, 0.2) is 46.9 Å². The van der Waals surface area contributed by atoms with Gasteiger partial charge in [0.05, 0.1) is 0 Å². The summed E-state index contributed by atoms with van der Waals surface area (Å²) >= 11 is 3.36. The van der Waals surface area contributed by atoms with E-state index in [1.54, 1.807) is 30.3 Å². The molecule has 0 atom stereocenters. The molecule has 0 fully saturated rings. The Morgan fingerprint density at radius 1 is 1.21 bits per heavy atom. The predicted octanol–water partition coefficient (Wildman–Crippen LogP) is 3.82. The highest BCUT2D eigenvalue weighted by atomic mass is 79.9. The molecule has 0 aliphatic heterocycles. The monoisotopic (exact) mass is 317 g/mol. The molecule has 0 unspecified atom stereocenters. The van der Waals surface area contributed by atoms with Gasteiger partial charge in [0, 0.05) is 21.3 Å². The largest absolute Gasteiger partial charge is 0.322 e. The van der Waals surface area contributed by atoms with Gasteiger partial charge in [0.15, 0.2) is 0 Å². The summed E-state index contributed by atoms with van der Waals surface area (Å²) in [5.74, 6) is -0.187. The number of hydrogen-bond acceptors (Lipinski definition) is 2. The molecule has 0 aliphatic carbocycles. The van der Waals surface area contributed by atoms with Crippen LogP contribution >= 0.6 is 15.9 Å². The molecule has 19 heavy (non-hydrogen) atoms. The van der Waals surface area contributed by atoms with Crippen molar-refractivity contribution < 1.29 is 9.59 Å². The Balaban J connectivity index is 2.22. The van der Waals surface area contributed by atoms with Crippen LogP contribution in [0.1, 0.15) is 26.3 Å². The number of hydrogen-bond donors (Lipinski definition) is 1. The van der Waals surface area contributed by atoms with Crippen LogP contribution in [-0.4, -0.2) is 12.2 Å². The zero-order valence-corrected chi connectivity index (χ0v) is 11.9. The van der Waals surface area contributed by atoms with Crippen LogP contribution < -0.4 is 5.32 Å². The summed E-state index contributed by atoms with van der Waals surface area (Å²) in [5.41, 5.74) is 2.64. The second kappa shape index (κ2) is 5.80. The molecule has 0 radical (unpaired) electrons. The minimum absolute atomic E-state index is 0.187. The molecule has 0 saturated carbocycles. The van der Waals surface area contributed by atoms with Crippen molar-refractivity contribution in [3.05, 3.63) is 63.6 Å². The summed E-state index contributed by atoms with van der Waals surface area (Å²) in [6.07, 6.45) is 0.751.